The number of thioether (sulfide) groups is 1. The largest absolute Gasteiger partial charge is 0.417 e. The Morgan fingerprint density at radius 2 is 2.04 bits per heavy atom. The fourth-order valence-electron chi connectivity index (χ4n) is 2.24. The van der Waals surface area contributed by atoms with E-state index >= 15 is 0 Å². The van der Waals surface area contributed by atoms with Crippen molar-refractivity contribution in [2.24, 2.45) is 0 Å². The highest BCUT2D eigenvalue weighted by Crippen LogP contribution is 2.35. The molecule has 1 aromatic heterocycles. The Bertz CT molecular complexity index is 925. The molecule has 7 nitrogen and oxygen atoms in total. The second kappa shape index (κ2) is 8.65. The number of nitrogens with one attached hydrogen (secondary N) is 2. The maximum atomic E-state index is 12.9. The highest BCUT2D eigenvalue weighted by molar-refractivity contribution is 7.99. The average molecular weight is 435 g/mol. The van der Waals surface area contributed by atoms with Gasteiger partial charge in [0.05, 0.1) is 21.7 Å². The summed E-state index contributed by atoms with van der Waals surface area (Å²) in [6.45, 7) is 1.80. The number of carbonyl (C=O) groups excluding carboxylic acids is 1. The first kappa shape index (κ1) is 21.8. The minimum atomic E-state index is -4.65. The van der Waals surface area contributed by atoms with E-state index in [1.807, 2.05) is 0 Å². The predicted molar refractivity (Wildman–Crippen MR) is 101 cm³/mol. The van der Waals surface area contributed by atoms with E-state index in [4.69, 9.17) is 11.6 Å². The van der Waals surface area contributed by atoms with Gasteiger partial charge < -0.3 is 10.6 Å². The van der Waals surface area contributed by atoms with Crippen LogP contribution >= 0.6 is 23.4 Å². The van der Waals surface area contributed by atoms with Crippen LogP contribution in [0.4, 0.5) is 30.4 Å². The zero-order valence-corrected chi connectivity index (χ0v) is 16.1. The lowest BCUT2D eigenvalue weighted by Crippen LogP contribution is -2.16. The maximum absolute atomic E-state index is 12.9. The van der Waals surface area contributed by atoms with E-state index in [1.165, 1.54) is 24.9 Å². The Hall–Kier alpha value is -2.53. The summed E-state index contributed by atoms with van der Waals surface area (Å²) < 4.78 is 38.8. The highest BCUT2D eigenvalue weighted by atomic mass is 35.5. The summed E-state index contributed by atoms with van der Waals surface area (Å²) in [5, 5.41) is 15.9. The van der Waals surface area contributed by atoms with Crippen molar-refractivity contribution in [1.82, 2.24) is 4.98 Å². The van der Waals surface area contributed by atoms with Gasteiger partial charge in [0.1, 0.15) is 10.8 Å². The van der Waals surface area contributed by atoms with Crippen LogP contribution in [0.2, 0.25) is 5.02 Å². The fourth-order valence-corrected chi connectivity index (χ4v) is 3.36. The molecule has 0 atom stereocenters. The summed E-state index contributed by atoms with van der Waals surface area (Å²) in [6.07, 6.45) is -4.02. The first-order valence-electron chi connectivity index (χ1n) is 7.75. The van der Waals surface area contributed by atoms with Crippen molar-refractivity contribution >= 4 is 46.5 Å². The lowest BCUT2D eigenvalue weighted by atomic mass is 10.1. The number of hydrogen-bond donors (Lipinski definition) is 2. The molecule has 0 saturated heterocycles. The normalized spacial score (nSPS) is 11.2. The minimum absolute atomic E-state index is 0.00880. The van der Waals surface area contributed by atoms with Gasteiger partial charge in [-0.05, 0) is 17.9 Å². The molecule has 0 fully saturated rings. The summed E-state index contributed by atoms with van der Waals surface area (Å²) in [4.78, 5) is 27.1. The lowest BCUT2D eigenvalue weighted by Gasteiger charge is -2.14. The maximum Gasteiger partial charge on any atom is 0.417 e. The topological polar surface area (TPSA) is 97.2 Å². The van der Waals surface area contributed by atoms with Crippen molar-refractivity contribution in [3.8, 4) is 0 Å². The number of benzene rings is 1. The van der Waals surface area contributed by atoms with E-state index in [0.717, 1.165) is 12.1 Å². The first-order chi connectivity index (χ1) is 13.1. The zero-order valence-electron chi connectivity index (χ0n) is 14.6. The van der Waals surface area contributed by atoms with Gasteiger partial charge in [-0.1, -0.05) is 18.5 Å². The van der Waals surface area contributed by atoms with Crippen LogP contribution in [-0.2, 0) is 6.18 Å². The molecule has 0 aliphatic carbocycles. The van der Waals surface area contributed by atoms with Gasteiger partial charge in [0.25, 0.3) is 11.6 Å². The van der Waals surface area contributed by atoms with Gasteiger partial charge in [0.2, 0.25) is 0 Å². The van der Waals surface area contributed by atoms with Crippen molar-refractivity contribution in [2.45, 2.75) is 18.0 Å². The van der Waals surface area contributed by atoms with E-state index in [1.54, 1.807) is 6.92 Å². The fraction of sp³-hybridized carbons (Fsp3) is 0.250. The van der Waals surface area contributed by atoms with Gasteiger partial charge in [-0.2, -0.15) is 13.2 Å². The molecule has 2 N–H and O–H groups in total. The first-order valence-corrected chi connectivity index (χ1v) is 9.11. The van der Waals surface area contributed by atoms with Crippen LogP contribution in [0.5, 0.6) is 0 Å². The van der Waals surface area contributed by atoms with Gasteiger partial charge in [-0.25, -0.2) is 4.98 Å². The quantitative estimate of drug-likeness (QED) is 0.374. The number of hydrogen-bond acceptors (Lipinski definition) is 6. The van der Waals surface area contributed by atoms with E-state index in [-0.39, 0.29) is 22.1 Å². The van der Waals surface area contributed by atoms with Gasteiger partial charge >= 0.3 is 6.18 Å². The molecular weight excluding hydrogens is 421 g/mol. The van der Waals surface area contributed by atoms with Crippen LogP contribution in [0.15, 0.2) is 29.3 Å². The van der Waals surface area contributed by atoms with Crippen LogP contribution < -0.4 is 10.6 Å². The molecule has 0 radical (unpaired) electrons. The van der Waals surface area contributed by atoms with Crippen molar-refractivity contribution in [3.63, 3.8) is 0 Å². The lowest BCUT2D eigenvalue weighted by molar-refractivity contribution is -0.384. The third kappa shape index (κ3) is 4.84. The molecule has 0 aliphatic rings. The smallest absolute Gasteiger partial charge is 0.371 e. The number of nitrogens with zero attached hydrogens (tertiary/aromatic N) is 2. The second-order valence-electron chi connectivity index (χ2n) is 5.31. The van der Waals surface area contributed by atoms with Gasteiger partial charge in [0.15, 0.2) is 0 Å². The van der Waals surface area contributed by atoms with Crippen LogP contribution in [0, 0.1) is 10.1 Å². The van der Waals surface area contributed by atoms with Crippen molar-refractivity contribution < 1.29 is 22.9 Å². The number of pyridine rings is 1. The summed E-state index contributed by atoms with van der Waals surface area (Å²) in [6, 6.07) is 3.01. The number of carbonyl (C=O) groups is 1. The number of aromatic nitrogens is 1. The minimum Gasteiger partial charge on any atom is -0.371 e. The molecule has 150 valence electrons. The van der Waals surface area contributed by atoms with Gasteiger partial charge in [-0.3, -0.25) is 14.9 Å². The molecule has 0 bridgehead atoms. The van der Waals surface area contributed by atoms with E-state index in [0.29, 0.717) is 16.8 Å². The SMILES string of the molecule is CCSc1cc(Cl)c([N+](=O)[O-])cc1C(=O)Nc1cc(C(F)(F)F)cnc1NC. The molecule has 1 heterocycles. The standard InChI is InChI=1S/C16H14ClF3N4O3S/c1-3-28-13-6-10(17)12(24(26)27)5-9(13)15(25)23-11-4-8(16(18,19)20)7-22-14(11)21-2/h4-7H,3H2,1-2H3,(H,21,22)(H,23,25). The summed E-state index contributed by atoms with van der Waals surface area (Å²) >= 11 is 7.10. The van der Waals surface area contributed by atoms with Gasteiger partial charge in [-0.15, -0.1) is 11.8 Å². The molecule has 1 amide bonds. The van der Waals surface area contributed by atoms with E-state index < -0.39 is 28.3 Å². The zero-order chi connectivity index (χ0) is 21.1. The molecule has 0 aliphatic heterocycles. The van der Waals surface area contributed by atoms with Crippen molar-refractivity contribution in [1.29, 1.82) is 0 Å². The third-order valence-electron chi connectivity index (χ3n) is 3.49. The molecule has 1 aromatic carbocycles. The van der Waals surface area contributed by atoms with Crippen molar-refractivity contribution in [2.75, 3.05) is 23.4 Å². The summed E-state index contributed by atoms with van der Waals surface area (Å²) in [7, 11) is 1.43. The summed E-state index contributed by atoms with van der Waals surface area (Å²) in [5.74, 6) is -0.274. The molecule has 0 unspecified atom stereocenters. The third-order valence-corrected chi connectivity index (χ3v) is 4.73. The Balaban J connectivity index is 2.50. The van der Waals surface area contributed by atoms with E-state index in [9.17, 15) is 28.1 Å². The number of halogens is 4. The van der Waals surface area contributed by atoms with E-state index in [2.05, 4.69) is 15.6 Å². The Morgan fingerprint density at radius 1 is 1.36 bits per heavy atom. The van der Waals surface area contributed by atoms with Crippen LogP contribution in [0.1, 0.15) is 22.8 Å². The molecular formula is C16H14ClF3N4O3S. The predicted octanol–water partition coefficient (Wildman–Crippen LogP) is 5.07. The van der Waals surface area contributed by atoms with Crippen molar-refractivity contribution in [3.05, 3.63) is 50.7 Å². The van der Waals surface area contributed by atoms with Gasteiger partial charge in [0, 0.05) is 24.2 Å². The number of amides is 1. The summed E-state index contributed by atoms with van der Waals surface area (Å²) in [5.41, 5.74) is -1.83. The second-order valence-corrected chi connectivity index (χ2v) is 7.02. The molecule has 0 saturated carbocycles. The molecule has 0 spiro atoms. The number of rotatable bonds is 6. The number of anilines is 2. The monoisotopic (exact) mass is 434 g/mol. The number of nitro groups is 1. The average Bonchev–Trinajstić information content (AvgIpc) is 2.60. The number of alkyl halides is 3. The highest BCUT2D eigenvalue weighted by Gasteiger charge is 2.32. The molecule has 28 heavy (non-hydrogen) atoms. The van der Waals surface area contributed by atoms with Crippen LogP contribution in [0.25, 0.3) is 0 Å². The van der Waals surface area contributed by atoms with Crippen LogP contribution in [-0.4, -0.2) is 28.6 Å². The molecule has 12 heteroatoms. The molecule has 2 rings (SSSR count). The Labute approximate surface area is 166 Å². The van der Waals surface area contributed by atoms with Crippen LogP contribution in [0.3, 0.4) is 0 Å². The number of nitro benzene ring substituents is 1. The Kier molecular flexibility index (Phi) is 6.73. The molecule has 2 aromatic rings. The Morgan fingerprint density at radius 3 is 2.57 bits per heavy atom.